The third-order valence-corrected chi connectivity index (χ3v) is 7.10. The smallest absolute Gasteiger partial charge is 0.283 e. The van der Waals surface area contributed by atoms with Crippen LogP contribution in [0.5, 0.6) is 11.5 Å². The monoisotopic (exact) mass is 492 g/mol. The van der Waals surface area contributed by atoms with Crippen molar-refractivity contribution in [2.24, 2.45) is 0 Å². The molecule has 29 heavy (non-hydrogen) atoms. The van der Waals surface area contributed by atoms with Crippen LogP contribution < -0.4 is 0 Å². The average molecular weight is 494 g/mol. The normalized spacial score (nSPS) is 13.8. The van der Waals surface area contributed by atoms with Gasteiger partial charge in [-0.2, -0.15) is 8.42 Å². The van der Waals surface area contributed by atoms with Crippen LogP contribution in [0.3, 0.4) is 0 Å². The molecule has 1 unspecified atom stereocenters. The third-order valence-electron chi connectivity index (χ3n) is 4.35. The Balaban J connectivity index is 2.67. The molecule has 0 fully saturated rings. The molecule has 0 radical (unpaired) electrons. The van der Waals surface area contributed by atoms with Crippen LogP contribution in [0.2, 0.25) is 20.1 Å². The molecule has 0 spiro atoms. The Morgan fingerprint density at radius 1 is 0.793 bits per heavy atom. The Morgan fingerprint density at radius 3 is 1.97 bits per heavy atom. The molecule has 3 N–H and O–H groups in total. The second kappa shape index (κ2) is 7.87. The van der Waals surface area contributed by atoms with E-state index >= 15 is 0 Å². The van der Waals surface area contributed by atoms with Crippen LogP contribution in [0.1, 0.15) is 16.7 Å². The van der Waals surface area contributed by atoms with Crippen LogP contribution >= 0.6 is 46.4 Å². The van der Waals surface area contributed by atoms with Gasteiger partial charge in [0.2, 0.25) is 0 Å². The quantitative estimate of drug-likeness (QED) is 0.239. The molecule has 3 aromatic carbocycles. The van der Waals surface area contributed by atoms with E-state index in [1.165, 1.54) is 36.4 Å². The minimum atomic E-state index is -5.13. The van der Waals surface area contributed by atoms with Gasteiger partial charge in [-0.05, 0) is 35.4 Å². The van der Waals surface area contributed by atoms with Gasteiger partial charge < -0.3 is 10.2 Å². The maximum atomic E-state index is 13.0. The van der Waals surface area contributed by atoms with Crippen molar-refractivity contribution < 1.29 is 23.2 Å². The van der Waals surface area contributed by atoms with Gasteiger partial charge in [0.25, 0.3) is 10.1 Å². The van der Waals surface area contributed by atoms with E-state index in [4.69, 9.17) is 46.4 Å². The number of hydrogen-bond donors (Lipinski definition) is 3. The lowest BCUT2D eigenvalue weighted by atomic mass is 9.83. The zero-order chi connectivity index (χ0) is 21.6. The van der Waals surface area contributed by atoms with E-state index in [-0.39, 0.29) is 37.0 Å². The zero-order valence-corrected chi connectivity index (χ0v) is 18.1. The van der Waals surface area contributed by atoms with E-state index in [2.05, 4.69) is 0 Å². The number of benzene rings is 3. The van der Waals surface area contributed by atoms with Crippen molar-refractivity contribution in [3.8, 4) is 11.5 Å². The third kappa shape index (κ3) is 3.65. The Morgan fingerprint density at radius 2 is 1.41 bits per heavy atom. The van der Waals surface area contributed by atoms with Crippen molar-refractivity contribution in [1.29, 1.82) is 0 Å². The molecule has 152 valence electrons. The molecule has 3 rings (SSSR count). The molecule has 0 aromatic heterocycles. The molecule has 0 aliphatic rings. The fraction of sp³-hybridized carbons (Fsp3) is 0.0526. The number of halogens is 4. The summed E-state index contributed by atoms with van der Waals surface area (Å²) in [5, 5.41) is 20.0. The molecular formula is C19H12Cl4O5S. The van der Waals surface area contributed by atoms with Crippen molar-refractivity contribution in [2.75, 3.05) is 0 Å². The second-order valence-corrected chi connectivity index (χ2v) is 9.29. The molecule has 0 aliphatic carbocycles. The molecular weight excluding hydrogens is 482 g/mol. The SMILES string of the molecule is O=S(=O)(O)C(c1ccccc1)(c1cc(O)cc(Cl)c1)c1c(O)c(Cl)cc(Cl)c1Cl. The van der Waals surface area contributed by atoms with Gasteiger partial charge in [0.15, 0.2) is 4.75 Å². The Bertz CT molecular complexity index is 1150. The van der Waals surface area contributed by atoms with Crippen molar-refractivity contribution in [3.05, 3.63) is 91.4 Å². The number of aromatic hydroxyl groups is 2. The fourth-order valence-corrected chi connectivity index (χ4v) is 5.58. The zero-order valence-electron chi connectivity index (χ0n) is 14.3. The summed E-state index contributed by atoms with van der Waals surface area (Å²) >= 11 is 24.5. The maximum absolute atomic E-state index is 13.0. The summed E-state index contributed by atoms with van der Waals surface area (Å²) in [5.41, 5.74) is -0.668. The first kappa shape index (κ1) is 22.0. The number of phenols is 2. The van der Waals surface area contributed by atoms with Crippen LogP contribution in [0.25, 0.3) is 0 Å². The summed E-state index contributed by atoms with van der Waals surface area (Å²) in [7, 11) is -5.13. The first-order valence-electron chi connectivity index (χ1n) is 7.89. The summed E-state index contributed by atoms with van der Waals surface area (Å²) in [6.45, 7) is 0. The van der Waals surface area contributed by atoms with E-state index in [0.29, 0.717) is 0 Å². The molecule has 0 saturated carbocycles. The van der Waals surface area contributed by atoms with Gasteiger partial charge in [0, 0.05) is 10.6 Å². The Hall–Kier alpha value is -1.67. The molecule has 0 heterocycles. The van der Waals surface area contributed by atoms with Gasteiger partial charge >= 0.3 is 0 Å². The Kier molecular flexibility index (Phi) is 5.98. The van der Waals surface area contributed by atoms with Crippen molar-refractivity contribution in [2.45, 2.75) is 4.75 Å². The highest BCUT2D eigenvalue weighted by atomic mass is 35.5. The van der Waals surface area contributed by atoms with E-state index in [1.54, 1.807) is 6.07 Å². The molecule has 0 amide bonds. The minimum Gasteiger partial charge on any atom is -0.508 e. The molecule has 0 saturated heterocycles. The molecule has 3 aromatic rings. The van der Waals surface area contributed by atoms with Crippen molar-refractivity contribution in [1.82, 2.24) is 0 Å². The highest BCUT2D eigenvalue weighted by Crippen LogP contribution is 2.53. The molecule has 1 atom stereocenters. The van der Waals surface area contributed by atoms with Crippen molar-refractivity contribution in [3.63, 3.8) is 0 Å². The van der Waals surface area contributed by atoms with Crippen LogP contribution in [0.15, 0.2) is 54.6 Å². The standard InChI is InChI=1S/C19H12Cl4O5S/c20-12-6-11(7-13(24)8-12)19(29(26,27)28,10-4-2-1-3-5-10)16-17(23)14(21)9-15(22)18(16)25/h1-9,24-25H,(H,26,27,28). The lowest BCUT2D eigenvalue weighted by molar-refractivity contribution is 0.439. The van der Waals surface area contributed by atoms with E-state index < -0.39 is 26.2 Å². The van der Waals surface area contributed by atoms with Crippen molar-refractivity contribution >= 4 is 56.5 Å². The van der Waals surface area contributed by atoms with E-state index in [0.717, 1.165) is 12.1 Å². The lowest BCUT2D eigenvalue weighted by Crippen LogP contribution is -2.38. The number of phenolic OH excluding ortho intramolecular Hbond substituents is 2. The topological polar surface area (TPSA) is 94.8 Å². The minimum absolute atomic E-state index is 0.000278. The van der Waals surface area contributed by atoms with Crippen LogP contribution in [-0.4, -0.2) is 23.2 Å². The fourth-order valence-electron chi connectivity index (χ4n) is 3.24. The highest BCUT2D eigenvalue weighted by Gasteiger charge is 2.52. The summed E-state index contributed by atoms with van der Waals surface area (Å²) in [5.74, 6) is -1.08. The molecule has 10 heteroatoms. The Labute approximate surface area is 186 Å². The summed E-state index contributed by atoms with van der Waals surface area (Å²) in [6.07, 6.45) is 0. The van der Waals surface area contributed by atoms with Crippen LogP contribution in [-0.2, 0) is 14.9 Å². The number of hydrogen-bond acceptors (Lipinski definition) is 4. The first-order chi connectivity index (χ1) is 13.5. The lowest BCUT2D eigenvalue weighted by Gasteiger charge is -2.34. The van der Waals surface area contributed by atoms with Gasteiger partial charge in [-0.1, -0.05) is 76.7 Å². The summed E-state index contributed by atoms with van der Waals surface area (Å²) in [6, 6.07) is 12.1. The average Bonchev–Trinajstić information content (AvgIpc) is 2.62. The second-order valence-electron chi connectivity index (χ2n) is 6.10. The van der Waals surface area contributed by atoms with Crippen LogP contribution in [0.4, 0.5) is 0 Å². The highest BCUT2D eigenvalue weighted by molar-refractivity contribution is 7.87. The molecule has 0 bridgehead atoms. The maximum Gasteiger partial charge on any atom is 0.283 e. The van der Waals surface area contributed by atoms with Gasteiger partial charge in [-0.25, -0.2) is 0 Å². The largest absolute Gasteiger partial charge is 0.508 e. The van der Waals surface area contributed by atoms with Gasteiger partial charge in [-0.3, -0.25) is 4.55 Å². The van der Waals surface area contributed by atoms with Gasteiger partial charge in [-0.15, -0.1) is 0 Å². The van der Waals surface area contributed by atoms with E-state index in [1.807, 2.05) is 0 Å². The molecule has 0 aliphatic heterocycles. The van der Waals surface area contributed by atoms with Gasteiger partial charge in [0.1, 0.15) is 11.5 Å². The molecule has 5 nitrogen and oxygen atoms in total. The number of rotatable bonds is 4. The van der Waals surface area contributed by atoms with Gasteiger partial charge in [0.05, 0.1) is 15.1 Å². The predicted octanol–water partition coefficient (Wildman–Crippen LogP) is 5.89. The van der Waals surface area contributed by atoms with Crippen LogP contribution in [0, 0.1) is 0 Å². The van der Waals surface area contributed by atoms with E-state index in [9.17, 15) is 23.2 Å². The predicted molar refractivity (Wildman–Crippen MR) is 114 cm³/mol. The first-order valence-corrected chi connectivity index (χ1v) is 10.8. The summed E-state index contributed by atoms with van der Waals surface area (Å²) in [4.78, 5) is 0. The summed E-state index contributed by atoms with van der Waals surface area (Å²) < 4.78 is 33.9.